The van der Waals surface area contributed by atoms with Crippen molar-refractivity contribution in [2.24, 2.45) is 0 Å². The summed E-state index contributed by atoms with van der Waals surface area (Å²) in [5.41, 5.74) is 1.75. The second-order valence-corrected chi connectivity index (χ2v) is 4.23. The molecule has 1 heterocycles. The number of aromatic amines is 1. The summed E-state index contributed by atoms with van der Waals surface area (Å²) in [4.78, 5) is 15.3. The van der Waals surface area contributed by atoms with E-state index >= 15 is 0 Å². The van der Waals surface area contributed by atoms with Crippen LogP contribution in [0.4, 0.5) is 0 Å². The van der Waals surface area contributed by atoms with Crippen molar-refractivity contribution in [1.82, 2.24) is 10.3 Å². The molecule has 1 aromatic heterocycles. The Kier molecular flexibility index (Phi) is 3.47. The fraction of sp³-hybridized carbons (Fsp3) is 0.357. The Balaban J connectivity index is 2.27. The molecule has 0 radical (unpaired) electrons. The maximum absolute atomic E-state index is 12.2. The summed E-state index contributed by atoms with van der Waals surface area (Å²) in [6, 6.07) is 7.95. The van der Waals surface area contributed by atoms with Crippen molar-refractivity contribution >= 4 is 16.8 Å². The Labute approximate surface area is 101 Å². The molecule has 0 fully saturated rings. The number of carbonyl (C=O) groups is 1. The molecular formula is C14H18N2O. The zero-order valence-electron chi connectivity index (χ0n) is 10.3. The molecule has 0 aliphatic heterocycles. The first-order valence-electron chi connectivity index (χ1n) is 6.13. The predicted molar refractivity (Wildman–Crippen MR) is 70.1 cm³/mol. The van der Waals surface area contributed by atoms with Crippen LogP contribution in [0.1, 0.15) is 37.0 Å². The predicted octanol–water partition coefficient (Wildman–Crippen LogP) is 3.09. The summed E-state index contributed by atoms with van der Waals surface area (Å²) < 4.78 is 0. The van der Waals surface area contributed by atoms with Crippen LogP contribution in [0, 0.1) is 0 Å². The van der Waals surface area contributed by atoms with Crippen LogP contribution in [-0.4, -0.2) is 16.9 Å². The van der Waals surface area contributed by atoms with E-state index < -0.39 is 0 Å². The lowest BCUT2D eigenvalue weighted by Gasteiger charge is -2.15. The number of rotatable bonds is 4. The molecule has 3 heteroatoms. The van der Waals surface area contributed by atoms with Crippen molar-refractivity contribution in [2.45, 2.75) is 32.7 Å². The maximum atomic E-state index is 12.2. The van der Waals surface area contributed by atoms with Gasteiger partial charge in [0.05, 0.1) is 0 Å². The number of amides is 1. The highest BCUT2D eigenvalue weighted by molar-refractivity contribution is 6.06. The zero-order chi connectivity index (χ0) is 12.3. The van der Waals surface area contributed by atoms with Gasteiger partial charge in [0.1, 0.15) is 0 Å². The lowest BCUT2D eigenvalue weighted by Crippen LogP contribution is -2.33. The molecule has 2 rings (SSSR count). The van der Waals surface area contributed by atoms with Crippen molar-refractivity contribution in [1.29, 1.82) is 0 Å². The summed E-state index contributed by atoms with van der Waals surface area (Å²) in [5, 5.41) is 4.04. The van der Waals surface area contributed by atoms with E-state index in [9.17, 15) is 4.79 Å². The second-order valence-electron chi connectivity index (χ2n) is 4.23. The van der Waals surface area contributed by atoms with Gasteiger partial charge in [0.25, 0.3) is 5.91 Å². The van der Waals surface area contributed by atoms with Crippen LogP contribution in [0.2, 0.25) is 0 Å². The van der Waals surface area contributed by atoms with E-state index in [0.29, 0.717) is 0 Å². The van der Waals surface area contributed by atoms with E-state index in [0.717, 1.165) is 29.3 Å². The van der Waals surface area contributed by atoms with Crippen molar-refractivity contribution in [3.8, 4) is 0 Å². The number of aromatic nitrogens is 1. The van der Waals surface area contributed by atoms with Gasteiger partial charge in [0.15, 0.2) is 0 Å². The van der Waals surface area contributed by atoms with Gasteiger partial charge in [-0.15, -0.1) is 0 Å². The average Bonchev–Trinajstić information content (AvgIpc) is 2.83. The molecule has 0 saturated carbocycles. The number of H-pyrrole nitrogens is 1. The average molecular weight is 230 g/mol. The minimum Gasteiger partial charge on any atom is -0.361 e. The van der Waals surface area contributed by atoms with Gasteiger partial charge in [-0.25, -0.2) is 0 Å². The van der Waals surface area contributed by atoms with Crippen LogP contribution < -0.4 is 5.32 Å². The minimum atomic E-state index is 0.0175. The monoisotopic (exact) mass is 230 g/mol. The van der Waals surface area contributed by atoms with Crippen LogP contribution in [0.25, 0.3) is 10.9 Å². The Morgan fingerprint density at radius 1 is 1.29 bits per heavy atom. The van der Waals surface area contributed by atoms with E-state index in [4.69, 9.17) is 0 Å². The summed E-state index contributed by atoms with van der Waals surface area (Å²) in [5.74, 6) is 0.0175. The maximum Gasteiger partial charge on any atom is 0.252 e. The van der Waals surface area contributed by atoms with Crippen LogP contribution >= 0.6 is 0 Å². The highest BCUT2D eigenvalue weighted by Crippen LogP contribution is 2.17. The molecule has 0 bridgehead atoms. The van der Waals surface area contributed by atoms with Crippen LogP contribution in [0.3, 0.4) is 0 Å². The van der Waals surface area contributed by atoms with Gasteiger partial charge in [-0.2, -0.15) is 0 Å². The smallest absolute Gasteiger partial charge is 0.252 e. The van der Waals surface area contributed by atoms with Crippen molar-refractivity contribution < 1.29 is 4.79 Å². The molecule has 0 saturated heterocycles. The van der Waals surface area contributed by atoms with Crippen molar-refractivity contribution in [2.75, 3.05) is 0 Å². The molecule has 0 spiro atoms. The Morgan fingerprint density at radius 2 is 2.06 bits per heavy atom. The quantitative estimate of drug-likeness (QED) is 0.833. The third kappa shape index (κ3) is 2.33. The molecule has 17 heavy (non-hydrogen) atoms. The molecule has 3 nitrogen and oxygen atoms in total. The third-order valence-corrected chi connectivity index (χ3v) is 3.16. The molecule has 0 aliphatic rings. The Hall–Kier alpha value is -1.77. The van der Waals surface area contributed by atoms with E-state index in [1.807, 2.05) is 30.5 Å². The molecular weight excluding hydrogens is 212 g/mol. The number of carbonyl (C=O) groups excluding carboxylic acids is 1. The fourth-order valence-electron chi connectivity index (χ4n) is 2.04. The van der Waals surface area contributed by atoms with Gasteiger partial charge < -0.3 is 10.3 Å². The molecule has 2 aromatic rings. The Bertz CT molecular complexity index is 512. The number of nitrogens with one attached hydrogen (secondary N) is 2. The van der Waals surface area contributed by atoms with Crippen LogP contribution in [0.15, 0.2) is 30.5 Å². The summed E-state index contributed by atoms with van der Waals surface area (Å²) in [6.07, 6.45) is 3.79. The minimum absolute atomic E-state index is 0.0175. The largest absolute Gasteiger partial charge is 0.361 e. The van der Waals surface area contributed by atoms with Crippen LogP contribution in [-0.2, 0) is 0 Å². The second kappa shape index (κ2) is 5.04. The van der Waals surface area contributed by atoms with E-state index in [1.54, 1.807) is 0 Å². The van der Waals surface area contributed by atoms with Gasteiger partial charge in [0.2, 0.25) is 0 Å². The van der Waals surface area contributed by atoms with E-state index in [-0.39, 0.29) is 11.9 Å². The normalized spacial score (nSPS) is 11.0. The first kappa shape index (κ1) is 11.7. The summed E-state index contributed by atoms with van der Waals surface area (Å²) in [7, 11) is 0. The fourth-order valence-corrected chi connectivity index (χ4v) is 2.04. The molecule has 0 atom stereocenters. The molecule has 2 N–H and O–H groups in total. The topological polar surface area (TPSA) is 44.9 Å². The lowest BCUT2D eigenvalue weighted by atomic mass is 10.1. The standard InChI is InChI=1S/C14H18N2O/c1-3-10(4-2)16-14(17)12-6-5-7-13-11(12)8-9-15-13/h5-10,15H,3-4H2,1-2H3,(H,16,17). The molecule has 1 amide bonds. The zero-order valence-corrected chi connectivity index (χ0v) is 10.3. The number of hydrogen-bond acceptors (Lipinski definition) is 1. The van der Waals surface area contributed by atoms with Gasteiger partial charge >= 0.3 is 0 Å². The highest BCUT2D eigenvalue weighted by atomic mass is 16.1. The lowest BCUT2D eigenvalue weighted by molar-refractivity contribution is 0.0936. The third-order valence-electron chi connectivity index (χ3n) is 3.16. The van der Waals surface area contributed by atoms with Gasteiger partial charge in [-0.1, -0.05) is 19.9 Å². The molecule has 0 unspecified atom stereocenters. The van der Waals surface area contributed by atoms with Gasteiger partial charge in [0, 0.05) is 28.7 Å². The van der Waals surface area contributed by atoms with E-state index in [1.165, 1.54) is 0 Å². The van der Waals surface area contributed by atoms with Crippen LogP contribution in [0.5, 0.6) is 0 Å². The van der Waals surface area contributed by atoms with Gasteiger partial charge in [-0.3, -0.25) is 4.79 Å². The van der Waals surface area contributed by atoms with Gasteiger partial charge in [-0.05, 0) is 31.0 Å². The van der Waals surface area contributed by atoms with Crippen molar-refractivity contribution in [3.05, 3.63) is 36.0 Å². The molecule has 0 aliphatic carbocycles. The SMILES string of the molecule is CCC(CC)NC(=O)c1cccc2[nH]ccc12. The molecule has 1 aromatic carbocycles. The first-order chi connectivity index (χ1) is 8.26. The van der Waals surface area contributed by atoms with Crippen molar-refractivity contribution in [3.63, 3.8) is 0 Å². The molecule has 90 valence electrons. The highest BCUT2D eigenvalue weighted by Gasteiger charge is 2.13. The summed E-state index contributed by atoms with van der Waals surface area (Å²) in [6.45, 7) is 4.18. The Morgan fingerprint density at radius 3 is 2.76 bits per heavy atom. The number of benzene rings is 1. The number of fused-ring (bicyclic) bond motifs is 1. The van der Waals surface area contributed by atoms with E-state index in [2.05, 4.69) is 24.1 Å². The number of hydrogen-bond donors (Lipinski definition) is 2. The summed E-state index contributed by atoms with van der Waals surface area (Å²) >= 11 is 0. The first-order valence-corrected chi connectivity index (χ1v) is 6.13.